The summed E-state index contributed by atoms with van der Waals surface area (Å²) in [6.07, 6.45) is 2.63. The van der Waals surface area contributed by atoms with Crippen LogP contribution >= 0.6 is 0 Å². The summed E-state index contributed by atoms with van der Waals surface area (Å²) in [5, 5.41) is 3.00. The van der Waals surface area contributed by atoms with Crippen molar-refractivity contribution in [3.63, 3.8) is 0 Å². The molecule has 1 atom stereocenters. The average Bonchev–Trinajstić information content (AvgIpc) is 2.82. The number of hydrogen-bond donors (Lipinski definition) is 1. The molecule has 166 valence electrons. The van der Waals surface area contributed by atoms with Gasteiger partial charge < -0.3 is 10.2 Å². The van der Waals surface area contributed by atoms with Crippen LogP contribution in [0, 0.1) is 17.8 Å². The first-order valence-electron chi connectivity index (χ1n) is 11.2. The zero-order valence-corrected chi connectivity index (χ0v) is 18.9. The molecule has 3 aromatic rings. The molecule has 0 aliphatic carbocycles. The molecule has 5 heteroatoms. The Labute approximate surface area is 194 Å². The van der Waals surface area contributed by atoms with Gasteiger partial charge >= 0.3 is 0 Å². The molecule has 33 heavy (non-hydrogen) atoms. The lowest BCUT2D eigenvalue weighted by molar-refractivity contribution is -0.140. The summed E-state index contributed by atoms with van der Waals surface area (Å²) in [6.45, 7) is 4.49. The second kappa shape index (κ2) is 10.1. The number of nitrogens with one attached hydrogen (secondary N) is 1. The van der Waals surface area contributed by atoms with Gasteiger partial charge in [0.25, 0.3) is 0 Å². The van der Waals surface area contributed by atoms with Crippen molar-refractivity contribution in [1.29, 1.82) is 0 Å². The van der Waals surface area contributed by atoms with Crippen LogP contribution in [0.2, 0.25) is 0 Å². The first-order valence-corrected chi connectivity index (χ1v) is 11.2. The van der Waals surface area contributed by atoms with E-state index >= 15 is 0 Å². The van der Waals surface area contributed by atoms with Crippen molar-refractivity contribution in [2.24, 2.45) is 5.92 Å². The summed E-state index contributed by atoms with van der Waals surface area (Å²) in [6, 6.07) is 20.5. The second-order valence-electron chi connectivity index (χ2n) is 8.64. The van der Waals surface area contributed by atoms with E-state index in [1.165, 1.54) is 0 Å². The SMILES string of the molecule is CC(C)CC(=O)N1Cc2ccccc2CC1C(=O)Nc1cccc(C#Cc2ccccn2)c1. The van der Waals surface area contributed by atoms with Crippen LogP contribution in [-0.4, -0.2) is 27.7 Å². The van der Waals surface area contributed by atoms with E-state index in [4.69, 9.17) is 0 Å². The van der Waals surface area contributed by atoms with E-state index in [9.17, 15) is 9.59 Å². The van der Waals surface area contributed by atoms with Crippen molar-refractivity contribution in [3.8, 4) is 11.8 Å². The largest absolute Gasteiger partial charge is 0.326 e. The lowest BCUT2D eigenvalue weighted by atomic mass is 9.92. The highest BCUT2D eigenvalue weighted by molar-refractivity contribution is 5.97. The van der Waals surface area contributed by atoms with Crippen LogP contribution in [-0.2, 0) is 22.6 Å². The average molecular weight is 438 g/mol. The van der Waals surface area contributed by atoms with Crippen LogP contribution < -0.4 is 5.32 Å². The summed E-state index contributed by atoms with van der Waals surface area (Å²) >= 11 is 0. The molecular formula is C28H27N3O2. The number of nitrogens with zero attached hydrogens (tertiary/aromatic N) is 2. The highest BCUT2D eigenvalue weighted by Crippen LogP contribution is 2.26. The Hall–Kier alpha value is -3.91. The summed E-state index contributed by atoms with van der Waals surface area (Å²) in [4.78, 5) is 32.2. The molecule has 0 saturated carbocycles. The lowest BCUT2D eigenvalue weighted by Crippen LogP contribution is -2.50. The number of pyridine rings is 1. The quantitative estimate of drug-likeness (QED) is 0.615. The molecule has 0 saturated heterocycles. The molecule has 5 nitrogen and oxygen atoms in total. The van der Waals surface area contributed by atoms with Gasteiger partial charge in [0.2, 0.25) is 11.8 Å². The van der Waals surface area contributed by atoms with E-state index in [0.717, 1.165) is 16.7 Å². The van der Waals surface area contributed by atoms with Crippen LogP contribution in [0.4, 0.5) is 5.69 Å². The Morgan fingerprint density at radius 2 is 1.82 bits per heavy atom. The maximum atomic E-state index is 13.3. The third-order valence-corrected chi connectivity index (χ3v) is 5.58. The highest BCUT2D eigenvalue weighted by atomic mass is 16.2. The van der Waals surface area contributed by atoms with Gasteiger partial charge in [-0.2, -0.15) is 0 Å². The molecular weight excluding hydrogens is 410 g/mol. The van der Waals surface area contributed by atoms with Gasteiger partial charge in [-0.05, 0) is 53.3 Å². The van der Waals surface area contributed by atoms with Crippen LogP contribution in [0.5, 0.6) is 0 Å². The zero-order chi connectivity index (χ0) is 23.2. The van der Waals surface area contributed by atoms with E-state index in [1.807, 2.05) is 80.6 Å². The lowest BCUT2D eigenvalue weighted by Gasteiger charge is -2.36. The number of rotatable bonds is 4. The molecule has 1 unspecified atom stereocenters. The molecule has 0 bridgehead atoms. The predicted molar refractivity (Wildman–Crippen MR) is 129 cm³/mol. The fourth-order valence-electron chi connectivity index (χ4n) is 3.96. The Bertz CT molecular complexity index is 1210. The smallest absolute Gasteiger partial charge is 0.247 e. The Morgan fingerprint density at radius 3 is 2.58 bits per heavy atom. The Kier molecular flexibility index (Phi) is 6.85. The Balaban J connectivity index is 1.53. The molecule has 2 aromatic carbocycles. The number of amides is 2. The highest BCUT2D eigenvalue weighted by Gasteiger charge is 2.34. The van der Waals surface area contributed by atoms with Crippen LogP contribution in [0.1, 0.15) is 42.7 Å². The number of carbonyl (C=O) groups excluding carboxylic acids is 2. The topological polar surface area (TPSA) is 62.3 Å². The van der Waals surface area contributed by atoms with Gasteiger partial charge in [0.15, 0.2) is 0 Å². The van der Waals surface area contributed by atoms with Gasteiger partial charge in [0.05, 0.1) is 0 Å². The van der Waals surface area contributed by atoms with Crippen molar-refractivity contribution in [1.82, 2.24) is 9.88 Å². The number of fused-ring (bicyclic) bond motifs is 1. The van der Waals surface area contributed by atoms with E-state index in [1.54, 1.807) is 11.1 Å². The van der Waals surface area contributed by atoms with Crippen molar-refractivity contribution >= 4 is 17.5 Å². The minimum Gasteiger partial charge on any atom is -0.326 e. The standard InChI is InChI=1S/C28H27N3O2/c1-20(2)16-27(32)31-19-23-10-4-3-9-22(23)18-26(31)28(33)30-25-12-7-8-21(17-25)13-14-24-11-5-6-15-29-24/h3-12,15,17,20,26H,16,18-19H2,1-2H3,(H,30,33). The first kappa shape index (κ1) is 22.3. The molecule has 4 rings (SSSR count). The molecule has 1 aromatic heterocycles. The minimum atomic E-state index is -0.547. The van der Waals surface area contributed by atoms with E-state index < -0.39 is 6.04 Å². The zero-order valence-electron chi connectivity index (χ0n) is 18.9. The van der Waals surface area contributed by atoms with Crippen molar-refractivity contribution in [2.45, 2.75) is 39.3 Å². The molecule has 0 fully saturated rings. The molecule has 2 amide bonds. The fraction of sp³-hybridized carbons (Fsp3) is 0.250. The van der Waals surface area contributed by atoms with Crippen molar-refractivity contribution in [3.05, 3.63) is 95.3 Å². The molecule has 0 radical (unpaired) electrons. The number of benzene rings is 2. The normalized spacial score (nSPS) is 14.8. The molecule has 1 aliphatic heterocycles. The fourth-order valence-corrected chi connectivity index (χ4v) is 3.96. The van der Waals surface area contributed by atoms with Gasteiger partial charge in [0, 0.05) is 36.8 Å². The molecule has 0 spiro atoms. The van der Waals surface area contributed by atoms with Gasteiger partial charge in [-0.1, -0.05) is 56.2 Å². The Morgan fingerprint density at radius 1 is 1.03 bits per heavy atom. The number of anilines is 1. The number of carbonyl (C=O) groups is 2. The van der Waals surface area contributed by atoms with Crippen molar-refractivity contribution in [2.75, 3.05) is 5.32 Å². The van der Waals surface area contributed by atoms with E-state index in [0.29, 0.717) is 30.8 Å². The monoisotopic (exact) mass is 437 g/mol. The number of hydrogen-bond acceptors (Lipinski definition) is 3. The van der Waals surface area contributed by atoms with Gasteiger partial charge in [-0.3, -0.25) is 9.59 Å². The maximum Gasteiger partial charge on any atom is 0.247 e. The van der Waals surface area contributed by atoms with Gasteiger partial charge in [-0.15, -0.1) is 0 Å². The van der Waals surface area contributed by atoms with E-state index in [2.05, 4.69) is 22.1 Å². The first-order chi connectivity index (χ1) is 16.0. The van der Waals surface area contributed by atoms with E-state index in [-0.39, 0.29) is 17.7 Å². The van der Waals surface area contributed by atoms with Gasteiger partial charge in [0.1, 0.15) is 11.7 Å². The third kappa shape index (κ3) is 5.67. The summed E-state index contributed by atoms with van der Waals surface area (Å²) in [5.74, 6) is 6.17. The molecule has 1 aliphatic rings. The van der Waals surface area contributed by atoms with Crippen molar-refractivity contribution < 1.29 is 9.59 Å². The predicted octanol–water partition coefficient (Wildman–Crippen LogP) is 4.42. The minimum absolute atomic E-state index is 0.00892. The van der Waals surface area contributed by atoms with Crippen LogP contribution in [0.15, 0.2) is 72.9 Å². The van der Waals surface area contributed by atoms with Crippen LogP contribution in [0.3, 0.4) is 0 Å². The van der Waals surface area contributed by atoms with Gasteiger partial charge in [-0.25, -0.2) is 4.98 Å². The number of aromatic nitrogens is 1. The maximum absolute atomic E-state index is 13.3. The molecule has 2 heterocycles. The second-order valence-corrected chi connectivity index (χ2v) is 8.64. The summed E-state index contributed by atoms with van der Waals surface area (Å²) in [7, 11) is 0. The summed E-state index contributed by atoms with van der Waals surface area (Å²) < 4.78 is 0. The third-order valence-electron chi connectivity index (χ3n) is 5.58. The molecule has 1 N–H and O–H groups in total. The van der Waals surface area contributed by atoms with Crippen LogP contribution in [0.25, 0.3) is 0 Å². The summed E-state index contributed by atoms with van der Waals surface area (Å²) in [5.41, 5.74) is 4.34.